The lowest BCUT2D eigenvalue weighted by Crippen LogP contribution is -2.37. The summed E-state index contributed by atoms with van der Waals surface area (Å²) < 4.78 is 1.94. The van der Waals surface area contributed by atoms with Gasteiger partial charge < -0.3 is 0 Å². The molecule has 2 aromatic rings. The van der Waals surface area contributed by atoms with Gasteiger partial charge in [-0.25, -0.2) is 0 Å². The van der Waals surface area contributed by atoms with Crippen LogP contribution in [0, 0.1) is 0 Å². The molecule has 2 aromatic heterocycles. The zero-order valence-electron chi connectivity index (χ0n) is 11.3. The molecule has 0 spiro atoms. The van der Waals surface area contributed by atoms with Gasteiger partial charge in [0.05, 0.1) is 6.20 Å². The van der Waals surface area contributed by atoms with Crippen LogP contribution in [0.15, 0.2) is 36.9 Å². The Hall–Kier alpha value is -1.72. The first-order valence-electron chi connectivity index (χ1n) is 6.68. The molecule has 2 heterocycles. The molecule has 1 atom stereocenters. The maximum Gasteiger partial charge on any atom is 0.0522 e. The van der Waals surface area contributed by atoms with Crippen molar-refractivity contribution in [1.82, 2.24) is 20.2 Å². The molecule has 0 aliphatic heterocycles. The third-order valence-electron chi connectivity index (χ3n) is 3.26. The average Bonchev–Trinajstić information content (AvgIpc) is 2.92. The Morgan fingerprint density at radius 2 is 2.11 bits per heavy atom. The number of hydrazine groups is 1. The van der Waals surface area contributed by atoms with Gasteiger partial charge >= 0.3 is 0 Å². The summed E-state index contributed by atoms with van der Waals surface area (Å²) in [5.74, 6) is 5.63. The summed E-state index contributed by atoms with van der Waals surface area (Å²) in [5, 5.41) is 4.28. The number of aryl methyl sites for hydroxylation is 2. The fourth-order valence-electron chi connectivity index (χ4n) is 2.10. The molecule has 0 amide bonds. The Balaban J connectivity index is 1.86. The maximum absolute atomic E-state index is 5.63. The van der Waals surface area contributed by atoms with E-state index in [0.717, 1.165) is 25.8 Å². The molecule has 5 heteroatoms. The topological polar surface area (TPSA) is 68.8 Å². The largest absolute Gasteiger partial charge is 0.273 e. The highest BCUT2D eigenvalue weighted by Crippen LogP contribution is 2.09. The highest BCUT2D eigenvalue weighted by Gasteiger charge is 2.09. The second-order valence-electron chi connectivity index (χ2n) is 4.67. The van der Waals surface area contributed by atoms with Crippen LogP contribution in [0.3, 0.4) is 0 Å². The normalized spacial score (nSPS) is 12.5. The van der Waals surface area contributed by atoms with E-state index in [9.17, 15) is 0 Å². The van der Waals surface area contributed by atoms with Gasteiger partial charge in [-0.1, -0.05) is 0 Å². The van der Waals surface area contributed by atoms with Crippen LogP contribution in [0.25, 0.3) is 0 Å². The number of nitrogens with one attached hydrogen (secondary N) is 1. The summed E-state index contributed by atoms with van der Waals surface area (Å²) in [4.78, 5) is 4.02. The van der Waals surface area contributed by atoms with Crippen molar-refractivity contribution >= 4 is 0 Å². The van der Waals surface area contributed by atoms with Crippen LogP contribution in [-0.2, 0) is 19.4 Å². The lowest BCUT2D eigenvalue weighted by Gasteiger charge is -2.14. The third-order valence-corrected chi connectivity index (χ3v) is 3.26. The van der Waals surface area contributed by atoms with Gasteiger partial charge in [0.2, 0.25) is 0 Å². The Kier molecular flexibility index (Phi) is 5.06. The third kappa shape index (κ3) is 4.15. The molecule has 19 heavy (non-hydrogen) atoms. The first kappa shape index (κ1) is 13.7. The Morgan fingerprint density at radius 3 is 2.74 bits per heavy atom. The molecule has 0 aromatic carbocycles. The van der Waals surface area contributed by atoms with E-state index < -0.39 is 0 Å². The SMILES string of the molecule is CCn1cc(CC(CCc2ccncc2)NN)cn1. The molecule has 0 saturated carbocycles. The summed E-state index contributed by atoms with van der Waals surface area (Å²) in [6.45, 7) is 2.98. The number of nitrogens with zero attached hydrogens (tertiary/aromatic N) is 3. The Labute approximate surface area is 113 Å². The smallest absolute Gasteiger partial charge is 0.0522 e. The van der Waals surface area contributed by atoms with Crippen molar-refractivity contribution in [3.63, 3.8) is 0 Å². The molecule has 5 nitrogen and oxygen atoms in total. The molecule has 1 unspecified atom stereocenters. The minimum Gasteiger partial charge on any atom is -0.273 e. The van der Waals surface area contributed by atoms with Crippen molar-refractivity contribution in [2.24, 2.45) is 5.84 Å². The molecule has 0 bridgehead atoms. The van der Waals surface area contributed by atoms with Crippen LogP contribution in [0.5, 0.6) is 0 Å². The first-order chi connectivity index (χ1) is 9.31. The van der Waals surface area contributed by atoms with Crippen LogP contribution < -0.4 is 11.3 Å². The fourth-order valence-corrected chi connectivity index (χ4v) is 2.10. The van der Waals surface area contributed by atoms with Crippen molar-refractivity contribution in [2.45, 2.75) is 38.8 Å². The molecule has 0 aliphatic carbocycles. The minimum absolute atomic E-state index is 0.266. The second-order valence-corrected chi connectivity index (χ2v) is 4.67. The number of hydrogen-bond donors (Lipinski definition) is 2. The van der Waals surface area contributed by atoms with Crippen LogP contribution in [0.4, 0.5) is 0 Å². The van der Waals surface area contributed by atoms with Gasteiger partial charge in [-0.3, -0.25) is 20.9 Å². The highest BCUT2D eigenvalue weighted by molar-refractivity contribution is 5.11. The predicted octanol–water partition coefficient (Wildman–Crippen LogP) is 1.31. The van der Waals surface area contributed by atoms with Gasteiger partial charge in [0, 0.05) is 31.2 Å². The van der Waals surface area contributed by atoms with Crippen molar-refractivity contribution in [3.8, 4) is 0 Å². The number of pyridine rings is 1. The van der Waals surface area contributed by atoms with Gasteiger partial charge in [0.15, 0.2) is 0 Å². The van der Waals surface area contributed by atoms with Gasteiger partial charge in [0.25, 0.3) is 0 Å². The van der Waals surface area contributed by atoms with E-state index in [-0.39, 0.29) is 6.04 Å². The predicted molar refractivity (Wildman–Crippen MR) is 75.3 cm³/mol. The van der Waals surface area contributed by atoms with Gasteiger partial charge in [-0.2, -0.15) is 5.10 Å². The number of nitrogens with two attached hydrogens (primary N) is 1. The van der Waals surface area contributed by atoms with Crippen molar-refractivity contribution in [2.75, 3.05) is 0 Å². The maximum atomic E-state index is 5.63. The summed E-state index contributed by atoms with van der Waals surface area (Å²) in [6, 6.07) is 4.36. The fraction of sp³-hybridized carbons (Fsp3) is 0.429. The summed E-state index contributed by atoms with van der Waals surface area (Å²) in [5.41, 5.74) is 5.41. The van der Waals surface area contributed by atoms with E-state index in [2.05, 4.69) is 28.6 Å². The molecule has 102 valence electrons. The Morgan fingerprint density at radius 1 is 1.32 bits per heavy atom. The van der Waals surface area contributed by atoms with Crippen molar-refractivity contribution in [3.05, 3.63) is 48.0 Å². The standard InChI is InChI=1S/C14H21N5/c1-2-19-11-13(10-17-19)9-14(18-15)4-3-12-5-7-16-8-6-12/h5-8,10-11,14,18H,2-4,9,15H2,1H3. The van der Waals surface area contributed by atoms with Crippen molar-refractivity contribution in [1.29, 1.82) is 0 Å². The van der Waals surface area contributed by atoms with E-state index >= 15 is 0 Å². The van der Waals surface area contributed by atoms with E-state index in [1.54, 1.807) is 0 Å². The Bertz CT molecular complexity index is 480. The molecule has 0 radical (unpaired) electrons. The number of hydrogen-bond acceptors (Lipinski definition) is 4. The zero-order chi connectivity index (χ0) is 13.5. The lowest BCUT2D eigenvalue weighted by atomic mass is 10.0. The summed E-state index contributed by atoms with van der Waals surface area (Å²) in [7, 11) is 0. The highest BCUT2D eigenvalue weighted by atomic mass is 15.3. The van der Waals surface area contributed by atoms with Gasteiger partial charge in [-0.05, 0) is 49.4 Å². The minimum atomic E-state index is 0.266. The number of aromatic nitrogens is 3. The molecular formula is C14H21N5. The molecule has 0 saturated heterocycles. The van der Waals surface area contributed by atoms with Gasteiger partial charge in [-0.15, -0.1) is 0 Å². The first-order valence-corrected chi connectivity index (χ1v) is 6.68. The van der Waals surface area contributed by atoms with Crippen LogP contribution in [-0.4, -0.2) is 20.8 Å². The summed E-state index contributed by atoms with van der Waals surface area (Å²) in [6.07, 6.45) is 10.5. The molecule has 3 N–H and O–H groups in total. The number of rotatable bonds is 7. The van der Waals surface area contributed by atoms with E-state index in [1.165, 1.54) is 11.1 Å². The molecule has 0 fully saturated rings. The van der Waals surface area contributed by atoms with E-state index in [4.69, 9.17) is 5.84 Å². The monoisotopic (exact) mass is 259 g/mol. The zero-order valence-corrected chi connectivity index (χ0v) is 11.3. The van der Waals surface area contributed by atoms with Crippen LogP contribution in [0.2, 0.25) is 0 Å². The van der Waals surface area contributed by atoms with Crippen LogP contribution in [0.1, 0.15) is 24.5 Å². The quantitative estimate of drug-likeness (QED) is 0.581. The van der Waals surface area contributed by atoms with Gasteiger partial charge in [0.1, 0.15) is 0 Å². The molecular weight excluding hydrogens is 238 g/mol. The average molecular weight is 259 g/mol. The van der Waals surface area contributed by atoms with E-state index in [0.29, 0.717) is 0 Å². The molecule has 0 aliphatic rings. The lowest BCUT2D eigenvalue weighted by molar-refractivity contribution is 0.491. The van der Waals surface area contributed by atoms with E-state index in [1.807, 2.05) is 35.4 Å². The second kappa shape index (κ2) is 7.01. The summed E-state index contributed by atoms with van der Waals surface area (Å²) >= 11 is 0. The van der Waals surface area contributed by atoms with Crippen molar-refractivity contribution < 1.29 is 0 Å². The van der Waals surface area contributed by atoms with Crippen LogP contribution >= 0.6 is 0 Å². The molecule has 2 rings (SSSR count).